The molecular weight excluding hydrogens is 266 g/mol. The lowest BCUT2D eigenvalue weighted by atomic mass is 9.94. The summed E-state index contributed by atoms with van der Waals surface area (Å²) in [7, 11) is 0. The monoisotopic (exact) mass is 287 g/mol. The lowest BCUT2D eigenvalue weighted by Gasteiger charge is -2.27. The molecule has 0 saturated carbocycles. The number of rotatable bonds is 3. The zero-order chi connectivity index (χ0) is 14.8. The highest BCUT2D eigenvalue weighted by Gasteiger charge is 2.28. The number of nitrogens with zero attached hydrogens (tertiary/aromatic N) is 2. The third-order valence-corrected chi connectivity index (χ3v) is 4.13. The van der Waals surface area contributed by atoms with E-state index < -0.39 is 0 Å². The van der Waals surface area contributed by atoms with Crippen LogP contribution in [0.2, 0.25) is 0 Å². The van der Waals surface area contributed by atoms with Crippen molar-refractivity contribution in [3.05, 3.63) is 35.8 Å². The summed E-state index contributed by atoms with van der Waals surface area (Å²) in [6, 6.07) is 5.99. The Morgan fingerprint density at radius 1 is 1.52 bits per heavy atom. The fraction of sp³-hybridized carbons (Fsp3) is 0.500. The molecule has 0 radical (unpaired) electrons. The summed E-state index contributed by atoms with van der Waals surface area (Å²) < 4.78 is 7.58. The van der Waals surface area contributed by atoms with Crippen LogP contribution in [0.1, 0.15) is 31.2 Å². The van der Waals surface area contributed by atoms with Gasteiger partial charge in [0.05, 0.1) is 24.3 Å². The third kappa shape index (κ3) is 2.93. The van der Waals surface area contributed by atoms with Crippen molar-refractivity contribution in [1.82, 2.24) is 14.7 Å². The molecule has 3 heterocycles. The number of hydrogen-bond donors (Lipinski definition) is 1. The minimum atomic E-state index is -0.0440. The van der Waals surface area contributed by atoms with Crippen LogP contribution in [0.15, 0.2) is 24.4 Å². The molecule has 5 nitrogen and oxygen atoms in total. The summed E-state index contributed by atoms with van der Waals surface area (Å²) in [5.41, 5.74) is 2.92. The van der Waals surface area contributed by atoms with Crippen LogP contribution in [0.4, 0.5) is 0 Å². The van der Waals surface area contributed by atoms with E-state index in [2.05, 4.69) is 10.3 Å². The van der Waals surface area contributed by atoms with Crippen molar-refractivity contribution in [2.75, 3.05) is 6.61 Å². The third-order valence-electron chi connectivity index (χ3n) is 4.13. The van der Waals surface area contributed by atoms with E-state index in [4.69, 9.17) is 4.74 Å². The molecule has 2 aromatic rings. The fourth-order valence-corrected chi connectivity index (χ4v) is 2.86. The molecule has 0 aromatic carbocycles. The predicted molar refractivity (Wildman–Crippen MR) is 79.9 cm³/mol. The van der Waals surface area contributed by atoms with Gasteiger partial charge in [-0.1, -0.05) is 6.07 Å². The number of aryl methyl sites for hydroxylation is 1. The van der Waals surface area contributed by atoms with E-state index in [1.54, 1.807) is 0 Å². The minimum Gasteiger partial charge on any atom is -0.378 e. The molecule has 1 saturated heterocycles. The summed E-state index contributed by atoms with van der Waals surface area (Å²) >= 11 is 0. The average Bonchev–Trinajstić information content (AvgIpc) is 2.90. The molecule has 0 aliphatic carbocycles. The summed E-state index contributed by atoms with van der Waals surface area (Å²) in [6.45, 7) is 5.23. The van der Waals surface area contributed by atoms with Gasteiger partial charge in [0.25, 0.3) is 0 Å². The lowest BCUT2D eigenvalue weighted by molar-refractivity contribution is -0.133. The van der Waals surface area contributed by atoms with E-state index in [-0.39, 0.29) is 17.9 Å². The van der Waals surface area contributed by atoms with Crippen molar-refractivity contribution in [2.24, 2.45) is 5.92 Å². The van der Waals surface area contributed by atoms with Gasteiger partial charge in [0.2, 0.25) is 5.91 Å². The highest BCUT2D eigenvalue weighted by atomic mass is 16.5. The van der Waals surface area contributed by atoms with Gasteiger partial charge >= 0.3 is 0 Å². The van der Waals surface area contributed by atoms with Crippen LogP contribution in [0.5, 0.6) is 0 Å². The van der Waals surface area contributed by atoms with Crippen molar-refractivity contribution in [1.29, 1.82) is 0 Å². The Morgan fingerprint density at radius 3 is 3.14 bits per heavy atom. The predicted octanol–water partition coefficient (Wildman–Crippen LogP) is 2.07. The molecule has 2 aromatic heterocycles. The Balaban J connectivity index is 1.66. The van der Waals surface area contributed by atoms with Gasteiger partial charge in [0.15, 0.2) is 0 Å². The second-order valence-electron chi connectivity index (χ2n) is 5.67. The fourth-order valence-electron chi connectivity index (χ4n) is 2.86. The molecule has 1 aliphatic heterocycles. The molecule has 0 unspecified atom stereocenters. The molecule has 1 fully saturated rings. The van der Waals surface area contributed by atoms with Crippen LogP contribution < -0.4 is 5.32 Å². The van der Waals surface area contributed by atoms with Crippen LogP contribution in [0.25, 0.3) is 5.65 Å². The largest absolute Gasteiger partial charge is 0.378 e. The second kappa shape index (κ2) is 5.85. The molecule has 1 N–H and O–H groups in total. The summed E-state index contributed by atoms with van der Waals surface area (Å²) in [6.07, 6.45) is 3.83. The number of carbonyl (C=O) groups excluding carboxylic acids is 1. The van der Waals surface area contributed by atoms with E-state index in [0.29, 0.717) is 6.54 Å². The first-order valence-electron chi connectivity index (χ1n) is 7.48. The van der Waals surface area contributed by atoms with Gasteiger partial charge in [-0.05, 0) is 38.8 Å². The molecule has 0 spiro atoms. The highest BCUT2D eigenvalue weighted by Crippen LogP contribution is 2.20. The number of hydrogen-bond acceptors (Lipinski definition) is 3. The molecule has 1 aliphatic rings. The summed E-state index contributed by atoms with van der Waals surface area (Å²) in [5, 5.41) is 2.98. The van der Waals surface area contributed by atoms with Gasteiger partial charge in [-0.15, -0.1) is 0 Å². The normalized spacial score (nSPS) is 22.4. The van der Waals surface area contributed by atoms with Crippen LogP contribution in [0.3, 0.4) is 0 Å². The Hall–Kier alpha value is -1.88. The summed E-state index contributed by atoms with van der Waals surface area (Å²) in [5.74, 6) is 0.0218. The van der Waals surface area contributed by atoms with Gasteiger partial charge in [-0.2, -0.15) is 0 Å². The highest BCUT2D eigenvalue weighted by molar-refractivity contribution is 5.79. The van der Waals surface area contributed by atoms with Gasteiger partial charge in [-0.3, -0.25) is 4.79 Å². The van der Waals surface area contributed by atoms with Crippen LogP contribution in [-0.4, -0.2) is 28.0 Å². The quantitative estimate of drug-likeness (QED) is 0.940. The number of ether oxygens (including phenoxy) is 1. The van der Waals surface area contributed by atoms with Gasteiger partial charge in [-0.25, -0.2) is 4.98 Å². The maximum Gasteiger partial charge on any atom is 0.226 e. The first kappa shape index (κ1) is 14.1. The van der Waals surface area contributed by atoms with Crippen molar-refractivity contribution in [3.8, 4) is 0 Å². The van der Waals surface area contributed by atoms with Crippen molar-refractivity contribution < 1.29 is 9.53 Å². The number of carbonyl (C=O) groups is 1. The first-order valence-corrected chi connectivity index (χ1v) is 7.48. The van der Waals surface area contributed by atoms with Crippen molar-refractivity contribution in [3.63, 3.8) is 0 Å². The SMILES string of the molecule is Cc1cccc2nc(CNC(=O)[C@H]3CCCO[C@H]3C)cn12. The van der Waals surface area contributed by atoms with Crippen LogP contribution in [0, 0.1) is 12.8 Å². The standard InChI is InChI=1S/C16H21N3O2/c1-11-5-3-7-15-18-13(10-19(11)15)9-17-16(20)14-6-4-8-21-12(14)2/h3,5,7,10,12,14H,4,6,8-9H2,1-2H3,(H,17,20)/t12-,14-/m0/s1. The van der Waals surface area contributed by atoms with E-state index in [9.17, 15) is 4.79 Å². The van der Waals surface area contributed by atoms with E-state index in [0.717, 1.165) is 36.5 Å². The zero-order valence-corrected chi connectivity index (χ0v) is 12.5. The average molecular weight is 287 g/mol. The zero-order valence-electron chi connectivity index (χ0n) is 12.5. The molecule has 21 heavy (non-hydrogen) atoms. The second-order valence-corrected chi connectivity index (χ2v) is 5.67. The number of aromatic nitrogens is 2. The number of nitrogens with one attached hydrogen (secondary N) is 1. The maximum absolute atomic E-state index is 12.2. The molecule has 0 bridgehead atoms. The topological polar surface area (TPSA) is 55.6 Å². The smallest absolute Gasteiger partial charge is 0.226 e. The molecule has 2 atom stereocenters. The Kier molecular flexibility index (Phi) is 3.92. The number of imidazole rings is 1. The lowest BCUT2D eigenvalue weighted by Crippen LogP contribution is -2.39. The van der Waals surface area contributed by atoms with E-state index in [1.165, 1.54) is 0 Å². The number of amides is 1. The van der Waals surface area contributed by atoms with Crippen LogP contribution >= 0.6 is 0 Å². The first-order chi connectivity index (χ1) is 10.1. The van der Waals surface area contributed by atoms with Gasteiger partial charge in [0.1, 0.15) is 5.65 Å². The number of pyridine rings is 1. The van der Waals surface area contributed by atoms with E-state index >= 15 is 0 Å². The Bertz CT molecular complexity index is 650. The maximum atomic E-state index is 12.2. The van der Waals surface area contributed by atoms with Crippen LogP contribution in [-0.2, 0) is 16.1 Å². The molecule has 112 valence electrons. The molecular formula is C16H21N3O2. The van der Waals surface area contributed by atoms with Crippen molar-refractivity contribution in [2.45, 2.75) is 39.3 Å². The number of fused-ring (bicyclic) bond motifs is 1. The Morgan fingerprint density at radius 2 is 2.38 bits per heavy atom. The molecule has 1 amide bonds. The van der Waals surface area contributed by atoms with Crippen molar-refractivity contribution >= 4 is 11.6 Å². The summed E-state index contributed by atoms with van der Waals surface area (Å²) in [4.78, 5) is 16.8. The Labute approximate surface area is 124 Å². The minimum absolute atomic E-state index is 0.00191. The van der Waals surface area contributed by atoms with Gasteiger partial charge in [0, 0.05) is 18.5 Å². The van der Waals surface area contributed by atoms with E-state index in [1.807, 2.05) is 42.6 Å². The molecule has 5 heteroatoms. The van der Waals surface area contributed by atoms with Gasteiger partial charge < -0.3 is 14.5 Å². The molecule has 3 rings (SSSR count).